The van der Waals surface area contributed by atoms with E-state index in [1.54, 1.807) is 24.3 Å². The molecule has 0 saturated heterocycles. The monoisotopic (exact) mass is 560 g/mol. The van der Waals surface area contributed by atoms with Crippen molar-refractivity contribution in [3.8, 4) is 5.75 Å². The van der Waals surface area contributed by atoms with E-state index in [-0.39, 0.29) is 12.0 Å². The van der Waals surface area contributed by atoms with Crippen molar-refractivity contribution in [2.24, 2.45) is 0 Å². The van der Waals surface area contributed by atoms with Crippen molar-refractivity contribution in [2.45, 2.75) is 26.2 Å². The fourth-order valence-electron chi connectivity index (χ4n) is 2.23. The van der Waals surface area contributed by atoms with E-state index >= 15 is 0 Å². The van der Waals surface area contributed by atoms with Crippen LogP contribution >= 0.6 is 47.8 Å². The van der Waals surface area contributed by atoms with Crippen LogP contribution in [0.4, 0.5) is 0 Å². The predicted molar refractivity (Wildman–Crippen MR) is 116 cm³/mol. The molecule has 0 fully saturated rings. The minimum atomic E-state index is -0.469. The molecule has 0 radical (unpaired) electrons. The third-order valence-corrected chi connectivity index (χ3v) is 5.38. The van der Waals surface area contributed by atoms with Crippen molar-refractivity contribution in [3.63, 3.8) is 0 Å². The van der Waals surface area contributed by atoms with E-state index in [1.165, 1.54) is 0 Å². The SMILES string of the molecule is CC(C)(C)c1ccc(C(=O)NNC(=O)COc2ccc(Br)cc2Br)cc1Br. The van der Waals surface area contributed by atoms with E-state index < -0.39 is 11.8 Å². The second-order valence-corrected chi connectivity index (χ2v) is 9.43. The Balaban J connectivity index is 1.89. The fourth-order valence-corrected chi connectivity index (χ4v) is 4.37. The number of rotatable bonds is 4. The summed E-state index contributed by atoms with van der Waals surface area (Å²) in [6.45, 7) is 6.05. The van der Waals surface area contributed by atoms with Crippen molar-refractivity contribution >= 4 is 59.6 Å². The van der Waals surface area contributed by atoms with Gasteiger partial charge in [0.15, 0.2) is 6.61 Å². The Morgan fingerprint density at radius 1 is 0.963 bits per heavy atom. The Hall–Kier alpha value is -1.38. The highest BCUT2D eigenvalue weighted by Gasteiger charge is 2.18. The van der Waals surface area contributed by atoms with Crippen LogP contribution in [0.25, 0.3) is 0 Å². The number of hydrogen-bond donors (Lipinski definition) is 2. The molecule has 0 spiro atoms. The molecule has 2 amide bonds. The van der Waals surface area contributed by atoms with Gasteiger partial charge in [0, 0.05) is 14.5 Å². The molecule has 8 heteroatoms. The number of hydrazine groups is 1. The van der Waals surface area contributed by atoms with Gasteiger partial charge in [-0.2, -0.15) is 0 Å². The summed E-state index contributed by atoms with van der Waals surface area (Å²) < 4.78 is 7.88. The van der Waals surface area contributed by atoms with E-state index in [0.29, 0.717) is 11.3 Å². The number of amides is 2. The summed E-state index contributed by atoms with van der Waals surface area (Å²) in [5.41, 5.74) is 6.22. The third-order valence-electron chi connectivity index (χ3n) is 3.61. The Labute approximate surface area is 183 Å². The molecule has 0 atom stereocenters. The molecule has 2 rings (SSSR count). The lowest BCUT2D eigenvalue weighted by molar-refractivity contribution is -0.123. The number of carbonyl (C=O) groups excluding carboxylic acids is 2. The molecule has 0 aliphatic carbocycles. The Kier molecular flexibility index (Phi) is 7.47. The predicted octanol–water partition coefficient (Wildman–Crippen LogP) is 5.11. The highest BCUT2D eigenvalue weighted by molar-refractivity contribution is 9.11. The summed E-state index contributed by atoms with van der Waals surface area (Å²) >= 11 is 10.2. The van der Waals surface area contributed by atoms with Crippen LogP contribution in [0.2, 0.25) is 0 Å². The molecule has 0 aromatic heterocycles. The van der Waals surface area contributed by atoms with Gasteiger partial charge in [0.25, 0.3) is 11.8 Å². The van der Waals surface area contributed by atoms with Gasteiger partial charge in [-0.25, -0.2) is 0 Å². The number of carbonyl (C=O) groups is 2. The van der Waals surface area contributed by atoms with Crippen LogP contribution in [0.3, 0.4) is 0 Å². The third kappa shape index (κ3) is 6.33. The first-order chi connectivity index (χ1) is 12.6. The number of benzene rings is 2. The summed E-state index contributed by atoms with van der Waals surface area (Å²) in [4.78, 5) is 24.1. The van der Waals surface area contributed by atoms with Gasteiger partial charge in [-0.05, 0) is 57.2 Å². The average Bonchev–Trinajstić information content (AvgIpc) is 2.57. The molecule has 2 aromatic rings. The molecule has 0 saturated carbocycles. The zero-order chi connectivity index (χ0) is 20.2. The second-order valence-electron chi connectivity index (χ2n) is 6.81. The maximum absolute atomic E-state index is 12.2. The first-order valence-corrected chi connectivity index (χ1v) is 10.4. The molecular formula is C19H19Br3N2O3. The first kappa shape index (κ1) is 21.9. The average molecular weight is 563 g/mol. The molecule has 0 bridgehead atoms. The van der Waals surface area contributed by atoms with Crippen LogP contribution in [-0.2, 0) is 10.2 Å². The number of nitrogens with one attached hydrogen (secondary N) is 2. The van der Waals surface area contributed by atoms with E-state index in [4.69, 9.17) is 4.74 Å². The van der Waals surface area contributed by atoms with Crippen molar-refractivity contribution in [1.82, 2.24) is 10.9 Å². The van der Waals surface area contributed by atoms with Crippen LogP contribution in [0, 0.1) is 0 Å². The lowest BCUT2D eigenvalue weighted by Crippen LogP contribution is -2.43. The largest absolute Gasteiger partial charge is 0.483 e. The number of ether oxygens (including phenoxy) is 1. The Morgan fingerprint density at radius 3 is 2.26 bits per heavy atom. The molecule has 0 unspecified atom stereocenters. The van der Waals surface area contributed by atoms with Crippen molar-refractivity contribution in [3.05, 3.63) is 60.9 Å². The zero-order valence-corrected chi connectivity index (χ0v) is 19.8. The van der Waals surface area contributed by atoms with Gasteiger partial charge in [0.05, 0.1) is 4.47 Å². The van der Waals surface area contributed by atoms with Gasteiger partial charge in [-0.3, -0.25) is 20.4 Å². The van der Waals surface area contributed by atoms with Gasteiger partial charge >= 0.3 is 0 Å². The Bertz CT molecular complexity index is 864. The van der Waals surface area contributed by atoms with E-state index in [9.17, 15) is 9.59 Å². The second kappa shape index (κ2) is 9.21. The molecule has 0 aliphatic rings. The minimum absolute atomic E-state index is 0.0410. The summed E-state index contributed by atoms with van der Waals surface area (Å²) in [6.07, 6.45) is 0. The lowest BCUT2D eigenvalue weighted by atomic mass is 9.86. The molecule has 0 heterocycles. The lowest BCUT2D eigenvalue weighted by Gasteiger charge is -2.21. The topological polar surface area (TPSA) is 67.4 Å². The molecule has 2 aromatic carbocycles. The van der Waals surface area contributed by atoms with Crippen LogP contribution in [0.1, 0.15) is 36.7 Å². The summed E-state index contributed by atoms with van der Waals surface area (Å²) in [6, 6.07) is 10.7. The van der Waals surface area contributed by atoms with E-state index in [1.807, 2.05) is 12.1 Å². The minimum Gasteiger partial charge on any atom is -0.483 e. The standard InChI is InChI=1S/C19H19Br3N2O3/c1-19(2,3)13-6-4-11(8-14(13)21)18(26)24-23-17(25)10-27-16-7-5-12(20)9-15(16)22/h4-9H,10H2,1-3H3,(H,23,25)(H,24,26). The highest BCUT2D eigenvalue weighted by atomic mass is 79.9. The summed E-state index contributed by atoms with van der Waals surface area (Å²) in [5.74, 6) is -0.348. The van der Waals surface area contributed by atoms with Gasteiger partial charge < -0.3 is 4.74 Å². The van der Waals surface area contributed by atoms with E-state index in [2.05, 4.69) is 79.4 Å². The van der Waals surface area contributed by atoms with Crippen molar-refractivity contribution in [1.29, 1.82) is 0 Å². The smallest absolute Gasteiger partial charge is 0.276 e. The van der Waals surface area contributed by atoms with Crippen LogP contribution < -0.4 is 15.6 Å². The maximum Gasteiger partial charge on any atom is 0.276 e. The number of hydrogen-bond acceptors (Lipinski definition) is 3. The normalized spacial score (nSPS) is 11.0. The van der Waals surface area contributed by atoms with Crippen LogP contribution in [0.5, 0.6) is 5.75 Å². The van der Waals surface area contributed by atoms with E-state index in [0.717, 1.165) is 19.0 Å². The van der Waals surface area contributed by atoms with Gasteiger partial charge in [0.1, 0.15) is 5.75 Å². The van der Waals surface area contributed by atoms with Crippen LogP contribution in [-0.4, -0.2) is 18.4 Å². The number of halogens is 3. The van der Waals surface area contributed by atoms with Gasteiger partial charge in [0.2, 0.25) is 0 Å². The molecule has 144 valence electrons. The molecular weight excluding hydrogens is 544 g/mol. The molecule has 0 aliphatic heterocycles. The van der Waals surface area contributed by atoms with Crippen molar-refractivity contribution < 1.29 is 14.3 Å². The highest BCUT2D eigenvalue weighted by Crippen LogP contribution is 2.30. The van der Waals surface area contributed by atoms with Crippen LogP contribution in [0.15, 0.2) is 49.8 Å². The maximum atomic E-state index is 12.2. The zero-order valence-electron chi connectivity index (χ0n) is 15.0. The molecule has 2 N–H and O–H groups in total. The van der Waals surface area contributed by atoms with Gasteiger partial charge in [-0.15, -0.1) is 0 Å². The molecule has 27 heavy (non-hydrogen) atoms. The fraction of sp³-hybridized carbons (Fsp3) is 0.263. The molecule has 5 nitrogen and oxygen atoms in total. The Morgan fingerprint density at radius 2 is 1.67 bits per heavy atom. The summed E-state index contributed by atoms with van der Waals surface area (Å²) in [7, 11) is 0. The van der Waals surface area contributed by atoms with Crippen molar-refractivity contribution in [2.75, 3.05) is 6.61 Å². The first-order valence-electron chi connectivity index (χ1n) is 8.05. The summed E-state index contributed by atoms with van der Waals surface area (Å²) in [5, 5.41) is 0. The van der Waals surface area contributed by atoms with Gasteiger partial charge in [-0.1, -0.05) is 58.7 Å². The quantitative estimate of drug-likeness (QED) is 0.509.